The van der Waals surface area contributed by atoms with Crippen LogP contribution in [0, 0.1) is 10.1 Å². The number of nitro benzene ring substituents is 1. The first-order valence-corrected chi connectivity index (χ1v) is 10.3. The highest BCUT2D eigenvalue weighted by Crippen LogP contribution is 2.27. The minimum atomic E-state index is -0.513. The number of rotatable bonds is 6. The number of nitrogens with zero attached hydrogens (tertiary/aromatic N) is 1. The van der Waals surface area contributed by atoms with Crippen molar-refractivity contribution in [2.45, 2.75) is 19.4 Å². The number of non-ortho nitro benzene ring substituents is 1. The Balaban J connectivity index is 2.03. The van der Waals surface area contributed by atoms with Gasteiger partial charge in [0.25, 0.3) is 11.6 Å². The number of thiol groups is 1. The van der Waals surface area contributed by atoms with Crippen molar-refractivity contribution in [2.75, 3.05) is 11.6 Å². The summed E-state index contributed by atoms with van der Waals surface area (Å²) in [6.45, 7) is 1.82. The lowest BCUT2D eigenvalue weighted by Crippen LogP contribution is -2.35. The molecule has 150 valence electrons. The fourth-order valence-electron chi connectivity index (χ4n) is 2.41. The highest BCUT2D eigenvalue weighted by atomic mass is 35.5. The van der Waals surface area contributed by atoms with Gasteiger partial charge in [0.15, 0.2) is 0 Å². The van der Waals surface area contributed by atoms with Crippen LogP contribution in [0.25, 0.3) is 0 Å². The predicted molar refractivity (Wildman–Crippen MR) is 116 cm³/mol. The minimum absolute atomic E-state index is 0.0897. The zero-order chi connectivity index (χ0) is 20.8. The van der Waals surface area contributed by atoms with Gasteiger partial charge >= 0.3 is 0 Å². The lowest BCUT2D eigenvalue weighted by molar-refractivity contribution is -0.384. The van der Waals surface area contributed by atoms with Gasteiger partial charge in [0.1, 0.15) is 5.75 Å². The van der Waals surface area contributed by atoms with Gasteiger partial charge in [-0.05, 0) is 37.4 Å². The highest BCUT2D eigenvalue weighted by Gasteiger charge is 2.16. The maximum absolute atomic E-state index is 12.4. The quantitative estimate of drug-likeness (QED) is 0.228. The molecule has 3 N–H and O–H groups in total. The van der Waals surface area contributed by atoms with Crippen LogP contribution in [0.15, 0.2) is 36.4 Å². The molecule has 7 nitrogen and oxygen atoms in total. The van der Waals surface area contributed by atoms with Crippen molar-refractivity contribution in [1.82, 2.24) is 5.32 Å². The normalized spacial score (nSPS) is 12.6. The van der Waals surface area contributed by atoms with E-state index in [9.17, 15) is 20.0 Å². The van der Waals surface area contributed by atoms with Gasteiger partial charge in [-0.15, -0.1) is 0 Å². The number of phenolic OH excluding ortho intramolecular Hbond substituents is 1. The molecule has 2 rings (SSSR count). The molecule has 0 aliphatic rings. The maximum Gasteiger partial charge on any atom is 0.271 e. The van der Waals surface area contributed by atoms with Crippen molar-refractivity contribution in [3.8, 4) is 5.75 Å². The molecule has 0 unspecified atom stereocenters. The fraction of sp³-hybridized carbons (Fsp3) is 0.222. The second-order valence-corrected chi connectivity index (χ2v) is 7.79. The Labute approximate surface area is 175 Å². The van der Waals surface area contributed by atoms with Crippen LogP contribution in [0.5, 0.6) is 5.75 Å². The summed E-state index contributed by atoms with van der Waals surface area (Å²) in [6, 6.07) is 8.19. The molecule has 28 heavy (non-hydrogen) atoms. The van der Waals surface area contributed by atoms with Crippen molar-refractivity contribution in [3.63, 3.8) is 0 Å². The summed E-state index contributed by atoms with van der Waals surface area (Å²) >= 11 is 12.9. The molecule has 0 spiro atoms. The van der Waals surface area contributed by atoms with Crippen molar-refractivity contribution >= 4 is 56.8 Å². The smallest absolute Gasteiger partial charge is 0.271 e. The predicted octanol–water partition coefficient (Wildman–Crippen LogP) is 4.45. The molecule has 0 fully saturated rings. The number of aromatic hydroxyl groups is 1. The first-order valence-electron chi connectivity index (χ1n) is 8.17. The average molecular weight is 444 g/mol. The topological polar surface area (TPSA) is 104 Å². The molecule has 0 saturated heterocycles. The number of hydrogen-bond donors (Lipinski definition) is 4. The van der Waals surface area contributed by atoms with Gasteiger partial charge in [-0.1, -0.05) is 23.2 Å². The van der Waals surface area contributed by atoms with E-state index >= 15 is 0 Å². The number of amides is 1. The summed E-state index contributed by atoms with van der Waals surface area (Å²) in [5.74, 6) is -0.587. The van der Waals surface area contributed by atoms with Gasteiger partial charge in [0, 0.05) is 34.6 Å². The van der Waals surface area contributed by atoms with E-state index in [-0.39, 0.29) is 28.1 Å². The first-order chi connectivity index (χ1) is 13.2. The molecule has 10 heteroatoms. The van der Waals surface area contributed by atoms with Crippen molar-refractivity contribution < 1.29 is 14.8 Å². The van der Waals surface area contributed by atoms with E-state index in [1.54, 1.807) is 6.07 Å². The van der Waals surface area contributed by atoms with Crippen molar-refractivity contribution in [3.05, 3.63) is 62.1 Å². The average Bonchev–Trinajstić information content (AvgIpc) is 2.64. The van der Waals surface area contributed by atoms with E-state index in [4.69, 9.17) is 23.2 Å². The largest absolute Gasteiger partial charge is 0.507 e. The number of nitro groups is 1. The van der Waals surface area contributed by atoms with E-state index in [2.05, 4.69) is 10.6 Å². The van der Waals surface area contributed by atoms with Crippen LogP contribution in [-0.4, -0.2) is 33.2 Å². The molecule has 0 aliphatic heterocycles. The van der Waals surface area contributed by atoms with Crippen LogP contribution < -0.4 is 10.6 Å². The Hall–Kier alpha value is -2.29. The SMILES string of the molecule is C[SH]=C(C[C@H](C)NC(=O)c1cc(Cl)ccc1O)Nc1ccc([N+](=O)[O-])cc1Cl. The Morgan fingerprint density at radius 2 is 2.00 bits per heavy atom. The zero-order valence-electron chi connectivity index (χ0n) is 15.1. The van der Waals surface area contributed by atoms with Gasteiger partial charge in [-0.3, -0.25) is 14.9 Å². The molecule has 1 amide bonds. The summed E-state index contributed by atoms with van der Waals surface area (Å²) in [5, 5.41) is 27.2. The van der Waals surface area contributed by atoms with Crippen molar-refractivity contribution in [2.24, 2.45) is 0 Å². The number of nitrogens with one attached hydrogen (secondary N) is 2. The molecular weight excluding hydrogens is 425 g/mol. The Morgan fingerprint density at radius 3 is 2.61 bits per heavy atom. The molecule has 1 atom stereocenters. The molecule has 2 aromatic carbocycles. The van der Waals surface area contributed by atoms with Gasteiger partial charge in [0.05, 0.1) is 21.2 Å². The van der Waals surface area contributed by atoms with Gasteiger partial charge in [-0.25, -0.2) is 0 Å². The minimum Gasteiger partial charge on any atom is -0.507 e. The van der Waals surface area contributed by atoms with E-state index in [1.807, 2.05) is 13.2 Å². The number of hydrogen-bond acceptors (Lipinski definition) is 4. The number of anilines is 1. The first kappa shape index (κ1) is 22.0. The molecule has 0 aliphatic carbocycles. The number of carbonyl (C=O) groups excluding carboxylic acids is 1. The van der Waals surface area contributed by atoms with Crippen LogP contribution >= 0.6 is 34.6 Å². The third kappa shape index (κ3) is 5.85. The lowest BCUT2D eigenvalue weighted by Gasteiger charge is -2.18. The zero-order valence-corrected chi connectivity index (χ0v) is 17.5. The van der Waals surface area contributed by atoms with Gasteiger partial charge < -0.3 is 15.7 Å². The number of phenols is 1. The summed E-state index contributed by atoms with van der Waals surface area (Å²) in [5.41, 5.74) is 0.553. The van der Waals surface area contributed by atoms with E-state index in [0.717, 1.165) is 16.3 Å². The fourth-order valence-corrected chi connectivity index (χ4v) is 3.49. The van der Waals surface area contributed by atoms with Crippen LogP contribution in [0.3, 0.4) is 0 Å². The summed E-state index contributed by atoms with van der Waals surface area (Å²) in [4.78, 5) is 23.5. The summed E-state index contributed by atoms with van der Waals surface area (Å²) in [6.07, 6.45) is 2.40. The Kier molecular flexibility index (Phi) is 7.68. The highest BCUT2D eigenvalue weighted by molar-refractivity contribution is 7.98. The van der Waals surface area contributed by atoms with E-state index < -0.39 is 10.8 Å². The Morgan fingerprint density at radius 1 is 1.29 bits per heavy atom. The number of benzene rings is 2. The number of halogens is 2. The number of carbonyl (C=O) groups is 1. The van der Waals surface area contributed by atoms with Gasteiger partial charge in [0.2, 0.25) is 0 Å². The molecule has 0 radical (unpaired) electrons. The van der Waals surface area contributed by atoms with E-state index in [1.165, 1.54) is 30.3 Å². The third-order valence-corrected chi connectivity index (χ3v) is 5.17. The van der Waals surface area contributed by atoms with Gasteiger partial charge in [-0.2, -0.15) is 11.4 Å². The van der Waals surface area contributed by atoms with Crippen LogP contribution in [0.1, 0.15) is 23.7 Å². The summed E-state index contributed by atoms with van der Waals surface area (Å²) < 4.78 is 0. The van der Waals surface area contributed by atoms with E-state index in [0.29, 0.717) is 17.1 Å². The monoisotopic (exact) mass is 443 g/mol. The van der Waals surface area contributed by atoms with Crippen LogP contribution in [0.4, 0.5) is 11.4 Å². The third-order valence-electron chi connectivity index (χ3n) is 3.79. The lowest BCUT2D eigenvalue weighted by atomic mass is 10.1. The second-order valence-electron chi connectivity index (χ2n) is 5.96. The molecule has 0 saturated carbocycles. The maximum atomic E-state index is 12.4. The van der Waals surface area contributed by atoms with Crippen LogP contribution in [0.2, 0.25) is 10.0 Å². The molecular formula is C18H19Cl2N3O4S. The second kappa shape index (κ2) is 9.77. The molecule has 2 aromatic rings. The molecule has 0 aromatic heterocycles. The van der Waals surface area contributed by atoms with Crippen LogP contribution in [-0.2, 0) is 0 Å². The van der Waals surface area contributed by atoms with Crippen molar-refractivity contribution in [1.29, 1.82) is 0 Å². The summed E-state index contributed by atoms with van der Waals surface area (Å²) in [7, 11) is 0. The molecule has 0 heterocycles. The Bertz CT molecular complexity index is 937. The molecule has 0 bridgehead atoms. The standard InChI is InChI=1S/C18H19Cl2N3O4S/c1-10(21-18(25)13-8-11(19)3-6-16(13)24)7-17(28-2)22-15-5-4-12(23(26)27)9-14(15)20/h3-6,8-10,22,24,28H,7H2,1-2H3,(H,21,25)/t10-/m0/s1.